The van der Waals surface area contributed by atoms with Gasteiger partial charge in [0.05, 0.1) is 10.2 Å². The zero-order chi connectivity index (χ0) is 18.8. The highest BCUT2D eigenvalue weighted by atomic mass is 35.5. The average molecular weight is 420 g/mol. The second-order valence-corrected chi connectivity index (χ2v) is 8.48. The Bertz CT molecular complexity index is 950. The van der Waals surface area contributed by atoms with Gasteiger partial charge >= 0.3 is 0 Å². The van der Waals surface area contributed by atoms with Crippen molar-refractivity contribution < 1.29 is 4.79 Å². The van der Waals surface area contributed by atoms with Crippen LogP contribution in [-0.4, -0.2) is 42.0 Å². The molecule has 3 aromatic rings. The molecule has 1 aromatic heterocycles. The summed E-state index contributed by atoms with van der Waals surface area (Å²) in [5.74, 6) is 0.209. The summed E-state index contributed by atoms with van der Waals surface area (Å²) in [6, 6.07) is 13.5. The monoisotopic (exact) mass is 419 g/mol. The number of thiazole rings is 1. The fourth-order valence-electron chi connectivity index (χ4n) is 3.23. The molecule has 0 spiro atoms. The molecule has 0 N–H and O–H groups in total. The van der Waals surface area contributed by atoms with E-state index in [4.69, 9.17) is 28.2 Å². The van der Waals surface area contributed by atoms with Gasteiger partial charge in [-0.3, -0.25) is 4.79 Å². The maximum atomic E-state index is 12.5. The molecule has 2 heterocycles. The maximum Gasteiger partial charge on any atom is 0.223 e. The molecule has 0 aliphatic carbocycles. The quantitative estimate of drug-likeness (QED) is 0.604. The van der Waals surface area contributed by atoms with Gasteiger partial charge in [-0.25, -0.2) is 4.98 Å². The first kappa shape index (κ1) is 18.5. The lowest BCUT2D eigenvalue weighted by molar-refractivity contribution is -0.131. The Morgan fingerprint density at radius 3 is 2.44 bits per heavy atom. The molecule has 0 bridgehead atoms. The minimum atomic E-state index is 0.209. The molecule has 2 aromatic carbocycles. The molecule has 4 rings (SSSR count). The second-order valence-electron chi connectivity index (χ2n) is 6.60. The van der Waals surface area contributed by atoms with E-state index in [1.165, 1.54) is 0 Å². The van der Waals surface area contributed by atoms with Gasteiger partial charge < -0.3 is 9.80 Å². The molecule has 27 heavy (non-hydrogen) atoms. The van der Waals surface area contributed by atoms with E-state index in [1.54, 1.807) is 11.3 Å². The number of anilines is 1. The first-order valence-corrected chi connectivity index (χ1v) is 10.5. The van der Waals surface area contributed by atoms with E-state index in [0.29, 0.717) is 6.42 Å². The van der Waals surface area contributed by atoms with Crippen LogP contribution in [0, 0.1) is 0 Å². The number of carbonyl (C=O) groups is 1. The Labute approximate surface area is 172 Å². The summed E-state index contributed by atoms with van der Waals surface area (Å²) in [7, 11) is 0. The fraction of sp³-hybridized carbons (Fsp3) is 0.300. The van der Waals surface area contributed by atoms with Crippen molar-refractivity contribution in [3.63, 3.8) is 0 Å². The van der Waals surface area contributed by atoms with E-state index < -0.39 is 0 Å². The van der Waals surface area contributed by atoms with Crippen molar-refractivity contribution in [3.05, 3.63) is 58.1 Å². The summed E-state index contributed by atoms with van der Waals surface area (Å²) in [5.41, 5.74) is 2.11. The second kappa shape index (κ2) is 8.05. The van der Waals surface area contributed by atoms with E-state index >= 15 is 0 Å². The van der Waals surface area contributed by atoms with Crippen LogP contribution in [0.15, 0.2) is 42.5 Å². The summed E-state index contributed by atoms with van der Waals surface area (Å²) in [6.07, 6.45) is 1.27. The number of aryl methyl sites for hydroxylation is 1. The molecule has 140 valence electrons. The van der Waals surface area contributed by atoms with Gasteiger partial charge in [-0.2, -0.15) is 0 Å². The number of rotatable bonds is 4. The van der Waals surface area contributed by atoms with Crippen molar-refractivity contribution in [2.45, 2.75) is 12.8 Å². The van der Waals surface area contributed by atoms with Gasteiger partial charge in [0.25, 0.3) is 0 Å². The predicted molar refractivity (Wildman–Crippen MR) is 113 cm³/mol. The Balaban J connectivity index is 1.32. The molecule has 1 aliphatic rings. The lowest BCUT2D eigenvalue weighted by Gasteiger charge is -2.34. The highest BCUT2D eigenvalue weighted by Gasteiger charge is 2.23. The molecule has 1 aliphatic heterocycles. The first-order chi connectivity index (χ1) is 13.1. The molecule has 0 radical (unpaired) electrons. The highest BCUT2D eigenvalue weighted by molar-refractivity contribution is 7.22. The van der Waals surface area contributed by atoms with Crippen molar-refractivity contribution in [2.75, 3.05) is 31.1 Å². The van der Waals surface area contributed by atoms with Crippen LogP contribution < -0.4 is 4.90 Å². The van der Waals surface area contributed by atoms with E-state index in [0.717, 1.165) is 63.6 Å². The fourth-order valence-corrected chi connectivity index (χ4v) is 4.65. The third-order valence-electron chi connectivity index (χ3n) is 4.78. The summed E-state index contributed by atoms with van der Waals surface area (Å²) in [5, 5.41) is 2.45. The van der Waals surface area contributed by atoms with Gasteiger partial charge in [0.15, 0.2) is 5.13 Å². The number of fused-ring (bicyclic) bond motifs is 1. The summed E-state index contributed by atoms with van der Waals surface area (Å²) >= 11 is 13.6. The predicted octanol–water partition coefficient (Wildman–Crippen LogP) is 4.88. The lowest BCUT2D eigenvalue weighted by atomic mass is 10.1. The zero-order valence-corrected chi connectivity index (χ0v) is 17.0. The Morgan fingerprint density at radius 1 is 1.00 bits per heavy atom. The number of hydrogen-bond donors (Lipinski definition) is 0. The minimum absolute atomic E-state index is 0.209. The summed E-state index contributed by atoms with van der Waals surface area (Å²) < 4.78 is 1.10. The van der Waals surface area contributed by atoms with Gasteiger partial charge in [0.2, 0.25) is 5.91 Å². The number of halogens is 2. The van der Waals surface area contributed by atoms with Gasteiger partial charge in [0, 0.05) is 42.6 Å². The molecule has 1 amide bonds. The molecule has 1 fully saturated rings. The maximum absolute atomic E-state index is 12.5. The number of amides is 1. The zero-order valence-electron chi connectivity index (χ0n) is 14.7. The molecular weight excluding hydrogens is 401 g/mol. The number of nitrogens with zero attached hydrogens (tertiary/aromatic N) is 3. The number of carbonyl (C=O) groups excluding carboxylic acids is 1. The molecule has 0 saturated carbocycles. The van der Waals surface area contributed by atoms with Crippen LogP contribution in [-0.2, 0) is 11.2 Å². The normalized spacial score (nSPS) is 14.7. The van der Waals surface area contributed by atoms with Crippen LogP contribution in [0.4, 0.5) is 5.13 Å². The summed E-state index contributed by atoms with van der Waals surface area (Å²) in [4.78, 5) is 21.4. The van der Waals surface area contributed by atoms with Crippen LogP contribution in [0.3, 0.4) is 0 Å². The lowest BCUT2D eigenvalue weighted by Crippen LogP contribution is -2.48. The topological polar surface area (TPSA) is 36.4 Å². The molecule has 7 heteroatoms. The molecule has 1 saturated heterocycles. The smallest absolute Gasteiger partial charge is 0.223 e. The van der Waals surface area contributed by atoms with Gasteiger partial charge in [-0.1, -0.05) is 46.7 Å². The molecule has 4 nitrogen and oxygen atoms in total. The largest absolute Gasteiger partial charge is 0.345 e. The van der Waals surface area contributed by atoms with Crippen molar-refractivity contribution in [2.24, 2.45) is 0 Å². The number of benzene rings is 2. The van der Waals surface area contributed by atoms with E-state index in [2.05, 4.69) is 4.90 Å². The number of aromatic nitrogens is 1. The van der Waals surface area contributed by atoms with Crippen LogP contribution in [0.2, 0.25) is 10.0 Å². The molecule has 0 unspecified atom stereocenters. The Kier molecular flexibility index (Phi) is 5.53. The SMILES string of the molecule is O=C(CCc1ccc(Cl)cc1)N1CCN(c2nc3ccc(Cl)cc3s2)CC1. The highest BCUT2D eigenvalue weighted by Crippen LogP contribution is 2.31. The van der Waals surface area contributed by atoms with E-state index in [-0.39, 0.29) is 5.91 Å². The van der Waals surface area contributed by atoms with Crippen LogP contribution in [0.1, 0.15) is 12.0 Å². The number of hydrogen-bond acceptors (Lipinski definition) is 4. The third-order valence-corrected chi connectivity index (χ3v) is 6.35. The van der Waals surface area contributed by atoms with Crippen LogP contribution in [0.25, 0.3) is 10.2 Å². The third kappa shape index (κ3) is 4.37. The van der Waals surface area contributed by atoms with Crippen molar-refractivity contribution in [3.8, 4) is 0 Å². The Morgan fingerprint density at radius 2 is 1.70 bits per heavy atom. The molecular formula is C20H19Cl2N3OS. The van der Waals surface area contributed by atoms with Crippen LogP contribution in [0.5, 0.6) is 0 Å². The average Bonchev–Trinajstić information content (AvgIpc) is 3.10. The molecule has 0 atom stereocenters. The summed E-state index contributed by atoms with van der Waals surface area (Å²) in [6.45, 7) is 3.08. The number of piperazine rings is 1. The van der Waals surface area contributed by atoms with Crippen molar-refractivity contribution in [1.29, 1.82) is 0 Å². The van der Waals surface area contributed by atoms with Crippen LogP contribution >= 0.6 is 34.5 Å². The van der Waals surface area contributed by atoms with Gasteiger partial charge in [-0.05, 0) is 42.3 Å². The van der Waals surface area contributed by atoms with Gasteiger partial charge in [0.1, 0.15) is 0 Å². The van der Waals surface area contributed by atoms with E-state index in [1.807, 2.05) is 47.4 Å². The first-order valence-electron chi connectivity index (χ1n) is 8.92. The van der Waals surface area contributed by atoms with Crippen molar-refractivity contribution >= 4 is 55.8 Å². The minimum Gasteiger partial charge on any atom is -0.345 e. The van der Waals surface area contributed by atoms with E-state index in [9.17, 15) is 4.79 Å². The standard InChI is InChI=1S/C20H19Cl2N3OS/c21-15-4-1-14(2-5-15)3-8-19(26)24-9-11-25(12-10-24)20-23-17-7-6-16(22)13-18(17)27-20/h1-2,4-7,13H,3,8-12H2. The Hall–Kier alpha value is -1.82. The van der Waals surface area contributed by atoms with Crippen molar-refractivity contribution in [1.82, 2.24) is 9.88 Å². The van der Waals surface area contributed by atoms with Gasteiger partial charge in [-0.15, -0.1) is 0 Å².